The van der Waals surface area contributed by atoms with Gasteiger partial charge in [0.1, 0.15) is 19.3 Å². The summed E-state index contributed by atoms with van der Waals surface area (Å²) in [6.07, 6.45) is 94.6. The molecule has 5 unspecified atom stereocenters. The summed E-state index contributed by atoms with van der Waals surface area (Å²) in [4.78, 5) is 73.2. The standard InChI is InChI=1S/C89H146O17P2/c1-5-9-13-17-21-25-29-33-36-39-41-44-47-51-54-58-62-66-70-74-87(92)100-80-85(106-89(94)76-72-68-64-60-56-52-48-45-42-40-37-34-30-26-22-18-14-10-6-2)82-104-108(97,98)102-78-83(90)77-101-107(95,96)103-81-84(105-88(93)75-71-67-63-59-55-49-32-28-24-20-16-12-8-4)79-99-86(91)73-69-65-61-57-53-50-46-43-38-35-31-27-23-19-15-11-7-3/h9,11,13,15-16,20-23,25-28,32-38,41-42,44-46,50-51,54,83-85,90H,5-8,10,12,14,17-19,24,29-31,39-40,43,47-49,52-53,55-82H2,1-4H3,(H,95,96)(H,97,98)/b13-9-,15-11-,20-16-,25-21-,26-22-,27-23-,32-28-,36-33-,37-34-,38-35-,44-41-,45-42-,50-46-,54-51-. The number of aliphatic hydroxyl groups is 1. The third-order valence-corrected chi connectivity index (χ3v) is 18.5. The van der Waals surface area contributed by atoms with Gasteiger partial charge in [-0.05, 0) is 173 Å². The minimum Gasteiger partial charge on any atom is -0.462 e. The van der Waals surface area contributed by atoms with Gasteiger partial charge in [-0.2, -0.15) is 0 Å². The molecular weight excluding hydrogens is 1400 g/mol. The molecule has 0 heterocycles. The first-order chi connectivity index (χ1) is 52.7. The van der Waals surface area contributed by atoms with Gasteiger partial charge in [0.25, 0.3) is 0 Å². The van der Waals surface area contributed by atoms with E-state index in [4.69, 9.17) is 37.0 Å². The minimum atomic E-state index is -5.00. The lowest BCUT2D eigenvalue weighted by molar-refractivity contribution is -0.161. The molecule has 5 atom stereocenters. The molecule has 0 aromatic heterocycles. The predicted molar refractivity (Wildman–Crippen MR) is 445 cm³/mol. The van der Waals surface area contributed by atoms with Crippen molar-refractivity contribution in [2.75, 3.05) is 39.6 Å². The van der Waals surface area contributed by atoms with Crippen molar-refractivity contribution in [1.82, 2.24) is 0 Å². The van der Waals surface area contributed by atoms with Crippen molar-refractivity contribution in [3.63, 3.8) is 0 Å². The normalized spacial score (nSPS) is 14.7. The highest BCUT2D eigenvalue weighted by molar-refractivity contribution is 7.47. The van der Waals surface area contributed by atoms with Gasteiger partial charge in [-0.15, -0.1) is 0 Å². The summed E-state index contributed by atoms with van der Waals surface area (Å²) in [5.41, 5.74) is 0. The van der Waals surface area contributed by atoms with Crippen LogP contribution in [0.25, 0.3) is 0 Å². The van der Waals surface area contributed by atoms with Crippen LogP contribution in [-0.2, 0) is 65.4 Å². The molecule has 0 aliphatic rings. The second kappa shape index (κ2) is 79.5. The molecule has 19 heteroatoms. The maximum atomic E-state index is 13.1. The van der Waals surface area contributed by atoms with Crippen LogP contribution in [0.15, 0.2) is 170 Å². The van der Waals surface area contributed by atoms with Crippen LogP contribution in [0.2, 0.25) is 0 Å². The zero-order valence-electron chi connectivity index (χ0n) is 67.2. The van der Waals surface area contributed by atoms with E-state index in [1.165, 1.54) is 19.3 Å². The highest BCUT2D eigenvalue weighted by Crippen LogP contribution is 2.45. The lowest BCUT2D eigenvalue weighted by Gasteiger charge is -2.21. The molecule has 0 fully saturated rings. The highest BCUT2D eigenvalue weighted by atomic mass is 31.2. The largest absolute Gasteiger partial charge is 0.472 e. The Bertz CT molecular complexity index is 2710. The van der Waals surface area contributed by atoms with Crippen molar-refractivity contribution >= 4 is 39.5 Å². The fourth-order valence-electron chi connectivity index (χ4n) is 10.4. The number of hydrogen-bond donors (Lipinski definition) is 3. The number of unbranched alkanes of at least 4 members (excludes halogenated alkanes) is 22. The number of hydrogen-bond acceptors (Lipinski definition) is 15. The second-order valence-electron chi connectivity index (χ2n) is 26.9. The number of ether oxygens (including phenoxy) is 4. The predicted octanol–water partition coefficient (Wildman–Crippen LogP) is 24.6. The van der Waals surface area contributed by atoms with E-state index in [1.54, 1.807) is 0 Å². The monoisotopic (exact) mass is 1550 g/mol. The molecule has 0 aliphatic carbocycles. The number of allylic oxidation sites excluding steroid dienone is 28. The first-order valence-corrected chi connectivity index (χ1v) is 44.4. The maximum absolute atomic E-state index is 13.1. The number of aliphatic hydroxyl groups excluding tert-OH is 1. The molecule has 0 saturated carbocycles. The SMILES string of the molecule is CC/C=C\C/C=C\C/C=C\C/C=C\C/C=C\CCCCCC(=O)OCC(COP(=O)(O)OCC(O)COP(=O)(O)OCC(COC(=O)CCCCCC/C=C\C/C=C\C/C=C\C/C=C\CC)OC(=O)CCCCCCC/C=C\C/C=C\CCC)OC(=O)CCCCCCCC/C=C\C/C=C\C/C=C\CCCCC. The third kappa shape index (κ3) is 78.5. The Morgan fingerprint density at radius 2 is 0.500 bits per heavy atom. The summed E-state index contributed by atoms with van der Waals surface area (Å²) in [5, 5.41) is 10.7. The molecule has 0 saturated heterocycles. The smallest absolute Gasteiger partial charge is 0.462 e. The molecule has 0 aromatic carbocycles. The fourth-order valence-corrected chi connectivity index (χ4v) is 12.0. The first kappa shape index (κ1) is 102. The van der Waals surface area contributed by atoms with Crippen LogP contribution >= 0.6 is 15.6 Å². The van der Waals surface area contributed by atoms with E-state index in [0.717, 1.165) is 212 Å². The lowest BCUT2D eigenvalue weighted by Crippen LogP contribution is -2.30. The van der Waals surface area contributed by atoms with Crippen molar-refractivity contribution in [3.8, 4) is 0 Å². The van der Waals surface area contributed by atoms with Gasteiger partial charge in [0.2, 0.25) is 0 Å². The van der Waals surface area contributed by atoms with Crippen molar-refractivity contribution in [1.29, 1.82) is 0 Å². The van der Waals surface area contributed by atoms with E-state index in [-0.39, 0.29) is 25.7 Å². The van der Waals surface area contributed by atoms with Crippen LogP contribution in [0.4, 0.5) is 0 Å². The summed E-state index contributed by atoms with van der Waals surface area (Å²) in [7, 11) is -10.0. The Morgan fingerprint density at radius 1 is 0.269 bits per heavy atom. The van der Waals surface area contributed by atoms with Crippen LogP contribution < -0.4 is 0 Å². The molecule has 0 bridgehead atoms. The summed E-state index contributed by atoms with van der Waals surface area (Å²) < 4.78 is 68.7. The van der Waals surface area contributed by atoms with Crippen molar-refractivity contribution in [2.24, 2.45) is 0 Å². The Kier molecular flexibility index (Phi) is 75.4. The summed E-state index contributed by atoms with van der Waals surface area (Å²) >= 11 is 0. The molecule has 614 valence electrons. The van der Waals surface area contributed by atoms with E-state index >= 15 is 0 Å². The molecule has 0 aliphatic heterocycles. The third-order valence-electron chi connectivity index (χ3n) is 16.6. The number of carbonyl (C=O) groups is 4. The average Bonchev–Trinajstić information content (AvgIpc) is 0.892. The van der Waals surface area contributed by atoms with Crippen LogP contribution in [0.5, 0.6) is 0 Å². The van der Waals surface area contributed by atoms with Crippen molar-refractivity contribution in [2.45, 2.75) is 329 Å². The molecular formula is C89H146O17P2. The molecule has 0 rings (SSSR count). The van der Waals surface area contributed by atoms with E-state index in [0.29, 0.717) is 25.7 Å². The van der Waals surface area contributed by atoms with Crippen molar-refractivity contribution in [3.05, 3.63) is 170 Å². The lowest BCUT2D eigenvalue weighted by atomic mass is 10.1. The van der Waals surface area contributed by atoms with Gasteiger partial charge in [0, 0.05) is 25.7 Å². The Balaban J connectivity index is 5.45. The summed E-state index contributed by atoms with van der Waals surface area (Å²) in [6, 6.07) is 0. The molecule has 17 nitrogen and oxygen atoms in total. The summed E-state index contributed by atoms with van der Waals surface area (Å²) in [5.74, 6) is -2.28. The zero-order valence-corrected chi connectivity index (χ0v) is 69.0. The van der Waals surface area contributed by atoms with E-state index in [2.05, 4.69) is 198 Å². The van der Waals surface area contributed by atoms with Gasteiger partial charge >= 0.3 is 39.5 Å². The van der Waals surface area contributed by atoms with Crippen molar-refractivity contribution < 1.29 is 80.2 Å². The van der Waals surface area contributed by atoms with Gasteiger partial charge < -0.3 is 33.8 Å². The van der Waals surface area contributed by atoms with Crippen LogP contribution in [0, 0.1) is 0 Å². The number of phosphoric ester groups is 2. The highest BCUT2D eigenvalue weighted by Gasteiger charge is 2.30. The van der Waals surface area contributed by atoms with Crippen LogP contribution in [-0.4, -0.2) is 96.7 Å². The van der Waals surface area contributed by atoms with E-state index in [9.17, 15) is 43.2 Å². The number of esters is 4. The quantitative estimate of drug-likeness (QED) is 0.0169. The fraction of sp³-hybridized carbons (Fsp3) is 0.640. The molecule has 108 heavy (non-hydrogen) atoms. The van der Waals surface area contributed by atoms with Gasteiger partial charge in [0.05, 0.1) is 26.4 Å². The molecule has 3 N–H and O–H groups in total. The van der Waals surface area contributed by atoms with E-state index in [1.807, 2.05) is 0 Å². The first-order valence-electron chi connectivity index (χ1n) is 41.4. The molecule has 0 aromatic rings. The van der Waals surface area contributed by atoms with Gasteiger partial charge in [-0.3, -0.25) is 37.3 Å². The maximum Gasteiger partial charge on any atom is 0.472 e. The minimum absolute atomic E-state index is 0.0661. The molecule has 0 radical (unpaired) electrons. The number of carbonyl (C=O) groups excluding carboxylic acids is 4. The molecule has 0 amide bonds. The van der Waals surface area contributed by atoms with E-state index < -0.39 is 97.5 Å². The van der Waals surface area contributed by atoms with Gasteiger partial charge in [-0.25, -0.2) is 9.13 Å². The molecule has 0 spiro atoms. The topological polar surface area (TPSA) is 237 Å². The Hall–Kier alpha value is -5.58. The average molecular weight is 1550 g/mol. The van der Waals surface area contributed by atoms with Gasteiger partial charge in [-0.1, -0.05) is 281 Å². The van der Waals surface area contributed by atoms with Crippen LogP contribution in [0.3, 0.4) is 0 Å². The Labute approximate surface area is 654 Å². The number of phosphoric acid groups is 2. The summed E-state index contributed by atoms with van der Waals surface area (Å²) in [6.45, 7) is 4.46. The Morgan fingerprint density at radius 3 is 0.787 bits per heavy atom. The van der Waals surface area contributed by atoms with Gasteiger partial charge in [0.15, 0.2) is 12.2 Å². The second-order valence-corrected chi connectivity index (χ2v) is 29.8. The zero-order chi connectivity index (χ0) is 78.9. The number of rotatable bonds is 76. The van der Waals surface area contributed by atoms with Crippen LogP contribution in [0.1, 0.15) is 310 Å².